The summed E-state index contributed by atoms with van der Waals surface area (Å²) >= 11 is 0. The van der Waals surface area contributed by atoms with Crippen molar-refractivity contribution in [3.8, 4) is 17.1 Å². The van der Waals surface area contributed by atoms with Crippen LogP contribution in [0, 0.1) is 25.2 Å². The molecule has 1 saturated carbocycles. The van der Waals surface area contributed by atoms with Gasteiger partial charge in [-0.1, -0.05) is 51.5 Å². The number of sulfonamides is 1. The lowest BCUT2D eigenvalue weighted by Crippen LogP contribution is -2.44. The van der Waals surface area contributed by atoms with Gasteiger partial charge in [-0.05, 0) is 93.5 Å². The van der Waals surface area contributed by atoms with Gasteiger partial charge < -0.3 is 14.5 Å². The summed E-state index contributed by atoms with van der Waals surface area (Å²) in [5, 5.41) is 0. The number of carbonyl (C=O) groups excluding carboxylic acids is 1. The molecule has 0 radical (unpaired) electrons. The van der Waals surface area contributed by atoms with Crippen LogP contribution in [0.15, 0.2) is 65.8 Å². The fraction of sp³-hybridized carbons (Fsp3) is 0.475. The molecule has 1 aliphatic carbocycles. The van der Waals surface area contributed by atoms with Crippen LogP contribution in [0.1, 0.15) is 93.4 Å². The predicted molar refractivity (Wildman–Crippen MR) is 202 cm³/mol. The maximum absolute atomic E-state index is 14.7. The maximum atomic E-state index is 14.7. The molecule has 12 heteroatoms. The molecule has 52 heavy (non-hydrogen) atoms. The van der Waals surface area contributed by atoms with Gasteiger partial charge in [0, 0.05) is 29.3 Å². The Kier molecular flexibility index (Phi) is 9.71. The van der Waals surface area contributed by atoms with Crippen LogP contribution in [0.2, 0.25) is 0 Å². The number of ether oxygens (including phenoxy) is 1. The van der Waals surface area contributed by atoms with Crippen LogP contribution < -0.4 is 14.4 Å². The largest absolute Gasteiger partial charge is 0.475 e. The molecule has 0 spiro atoms. The van der Waals surface area contributed by atoms with Gasteiger partial charge in [-0.25, -0.2) is 23.1 Å². The molecule has 4 atom stereocenters. The molecule has 4 aromatic rings. The second-order valence-corrected chi connectivity index (χ2v) is 17.6. The fourth-order valence-electron chi connectivity index (χ4n) is 8.21. The quantitative estimate of drug-likeness (QED) is 0.217. The van der Waals surface area contributed by atoms with Crippen molar-refractivity contribution in [2.24, 2.45) is 11.3 Å². The number of nitrogens with zero attached hydrogens (tertiary/aromatic N) is 6. The zero-order chi connectivity index (χ0) is 36.8. The monoisotopic (exact) mass is 723 g/mol. The number of rotatable bonds is 6. The molecule has 3 aliphatic rings. The zero-order valence-corrected chi connectivity index (χ0v) is 31.8. The third kappa shape index (κ3) is 7.49. The Morgan fingerprint density at radius 3 is 2.52 bits per heavy atom. The number of aromatic nitrogens is 4. The highest BCUT2D eigenvalue weighted by atomic mass is 32.2. The Balaban J connectivity index is 1.31. The molecule has 1 saturated heterocycles. The molecule has 2 aliphatic heterocycles. The standard InChI is InChI=1S/C40H49N7O4S/c1-25-10-7-11-26(2)37(25)33-20-36-44-39(43-33)45-52(49,50)32-14-8-13-29(19-32)38(48)46(31(24-51-36)16-17-40(4,5)6)23-30-21-41-22-35(42-30)47-27(3)18-28-12-9-15-34(28)47/h7-8,10-11,13-14,19-22,27-28,31,34H,9,12,15-18,23-24H2,1-6H3,(H,43,44,45)/t27-,28+,31-,34+/m1/s1. The van der Waals surface area contributed by atoms with E-state index in [0.717, 1.165) is 41.8 Å². The van der Waals surface area contributed by atoms with Crippen LogP contribution >= 0.6 is 0 Å². The van der Waals surface area contributed by atoms with E-state index in [1.807, 2.05) is 38.2 Å². The number of hydrogen-bond donors (Lipinski definition) is 1. The molecule has 4 heterocycles. The Hall–Kier alpha value is -4.58. The first kappa shape index (κ1) is 35.8. The lowest BCUT2D eigenvalue weighted by atomic mass is 9.88. The molecule has 0 unspecified atom stereocenters. The lowest BCUT2D eigenvalue weighted by Gasteiger charge is -2.34. The van der Waals surface area contributed by atoms with Crippen molar-refractivity contribution in [2.45, 2.75) is 110 Å². The summed E-state index contributed by atoms with van der Waals surface area (Å²) in [6.45, 7) is 13.1. The van der Waals surface area contributed by atoms with Crippen molar-refractivity contribution in [2.75, 3.05) is 16.2 Å². The summed E-state index contributed by atoms with van der Waals surface area (Å²) in [6, 6.07) is 14.2. The van der Waals surface area contributed by atoms with E-state index >= 15 is 0 Å². The summed E-state index contributed by atoms with van der Waals surface area (Å²) in [5.41, 5.74) is 4.27. The number of nitrogens with one attached hydrogen (secondary N) is 1. The van der Waals surface area contributed by atoms with Gasteiger partial charge in [0.15, 0.2) is 0 Å². The second-order valence-electron chi connectivity index (χ2n) is 15.9. The third-order valence-corrected chi connectivity index (χ3v) is 12.1. The van der Waals surface area contributed by atoms with E-state index in [2.05, 4.69) is 52.3 Å². The van der Waals surface area contributed by atoms with Crippen molar-refractivity contribution >= 4 is 27.7 Å². The van der Waals surface area contributed by atoms with Crippen molar-refractivity contribution in [1.82, 2.24) is 24.8 Å². The first-order valence-corrected chi connectivity index (χ1v) is 19.9. The lowest BCUT2D eigenvalue weighted by molar-refractivity contribution is 0.0549. The normalized spacial score (nSPS) is 22.8. The van der Waals surface area contributed by atoms with Gasteiger partial charge in [-0.2, -0.15) is 4.98 Å². The molecular weight excluding hydrogens is 675 g/mol. The van der Waals surface area contributed by atoms with E-state index in [4.69, 9.17) is 9.72 Å². The molecule has 2 fully saturated rings. The third-order valence-electron chi connectivity index (χ3n) is 10.8. The van der Waals surface area contributed by atoms with E-state index in [9.17, 15) is 13.2 Å². The molecule has 2 aromatic carbocycles. The van der Waals surface area contributed by atoms with Gasteiger partial charge in [0.25, 0.3) is 15.9 Å². The van der Waals surface area contributed by atoms with E-state index in [1.54, 1.807) is 29.3 Å². The molecule has 274 valence electrons. The molecule has 11 nitrogen and oxygen atoms in total. The summed E-state index contributed by atoms with van der Waals surface area (Å²) in [4.78, 5) is 37.7. The van der Waals surface area contributed by atoms with Crippen LogP contribution in [0.3, 0.4) is 0 Å². The minimum Gasteiger partial charge on any atom is -0.475 e. The smallest absolute Gasteiger partial charge is 0.264 e. The summed E-state index contributed by atoms with van der Waals surface area (Å²) in [7, 11) is -4.18. The van der Waals surface area contributed by atoms with Crippen LogP contribution in [0.4, 0.5) is 11.8 Å². The summed E-state index contributed by atoms with van der Waals surface area (Å²) < 4.78 is 36.6. The predicted octanol–water partition coefficient (Wildman–Crippen LogP) is 7.35. The summed E-state index contributed by atoms with van der Waals surface area (Å²) in [5.74, 6) is 1.30. The maximum Gasteiger partial charge on any atom is 0.264 e. The van der Waals surface area contributed by atoms with Crippen LogP contribution in [-0.4, -0.2) is 63.9 Å². The number of amides is 1. The van der Waals surface area contributed by atoms with Crippen LogP contribution in [-0.2, 0) is 16.6 Å². The van der Waals surface area contributed by atoms with E-state index in [-0.39, 0.29) is 46.8 Å². The number of benzene rings is 2. The first-order chi connectivity index (χ1) is 24.8. The van der Waals surface area contributed by atoms with Gasteiger partial charge in [-0.3, -0.25) is 9.78 Å². The van der Waals surface area contributed by atoms with Crippen LogP contribution in [0.25, 0.3) is 11.3 Å². The Labute approximate surface area is 307 Å². The number of aryl methyl sites for hydroxylation is 2. The second kappa shape index (κ2) is 14.1. The average Bonchev–Trinajstić information content (AvgIpc) is 3.66. The highest BCUT2D eigenvalue weighted by Gasteiger charge is 2.42. The Morgan fingerprint density at radius 1 is 0.981 bits per heavy atom. The highest BCUT2D eigenvalue weighted by Crippen LogP contribution is 2.43. The molecular formula is C40H49N7O4S. The number of fused-ring (bicyclic) bond motifs is 5. The number of carbonyl (C=O) groups is 1. The topological polar surface area (TPSA) is 131 Å². The molecule has 4 bridgehead atoms. The van der Waals surface area contributed by atoms with Crippen molar-refractivity contribution in [1.29, 1.82) is 0 Å². The van der Waals surface area contributed by atoms with Crippen molar-refractivity contribution in [3.63, 3.8) is 0 Å². The van der Waals surface area contributed by atoms with Crippen LogP contribution in [0.5, 0.6) is 5.88 Å². The van der Waals surface area contributed by atoms with E-state index < -0.39 is 16.1 Å². The van der Waals surface area contributed by atoms with E-state index in [1.165, 1.54) is 25.0 Å². The van der Waals surface area contributed by atoms with Crippen molar-refractivity contribution in [3.05, 3.63) is 83.3 Å². The van der Waals surface area contributed by atoms with Gasteiger partial charge in [0.1, 0.15) is 12.4 Å². The molecule has 2 aromatic heterocycles. The Bertz CT molecular complexity index is 2060. The Morgan fingerprint density at radius 2 is 1.75 bits per heavy atom. The van der Waals surface area contributed by atoms with Gasteiger partial charge >= 0.3 is 0 Å². The van der Waals surface area contributed by atoms with Gasteiger partial charge in [0.2, 0.25) is 11.8 Å². The van der Waals surface area contributed by atoms with Crippen molar-refractivity contribution < 1.29 is 17.9 Å². The van der Waals surface area contributed by atoms with E-state index in [0.29, 0.717) is 35.8 Å². The molecule has 1 amide bonds. The minimum atomic E-state index is -4.18. The number of hydrogen-bond acceptors (Lipinski definition) is 9. The molecule has 7 rings (SSSR count). The first-order valence-electron chi connectivity index (χ1n) is 18.4. The van der Waals surface area contributed by atoms with Gasteiger partial charge in [0.05, 0.1) is 41.3 Å². The zero-order valence-electron chi connectivity index (χ0n) is 31.0. The number of anilines is 2. The fourth-order valence-corrected chi connectivity index (χ4v) is 9.20. The highest BCUT2D eigenvalue weighted by molar-refractivity contribution is 7.92. The average molecular weight is 724 g/mol. The SMILES string of the molecule is Cc1cccc(C)c1-c1cc2nc(n1)NS(=O)(=O)c1cccc(c1)C(=O)N(Cc1cncc(N3[C@H](C)C[C@@H]4CCC[C@@H]43)n1)[C@H](CCC(C)(C)C)CO2. The van der Waals surface area contributed by atoms with Gasteiger partial charge in [-0.15, -0.1) is 0 Å². The molecule has 1 N–H and O–H groups in total. The summed E-state index contributed by atoms with van der Waals surface area (Å²) in [6.07, 6.45) is 9.79. The minimum absolute atomic E-state index is 0.0190.